The second-order valence-corrected chi connectivity index (χ2v) is 9.45. The molecule has 3 heterocycles. The summed E-state index contributed by atoms with van der Waals surface area (Å²) in [6, 6.07) is 14.9. The summed E-state index contributed by atoms with van der Waals surface area (Å²) in [4.78, 5) is 42.2. The van der Waals surface area contributed by atoms with E-state index in [1.807, 2.05) is 39.8 Å². The lowest BCUT2D eigenvalue weighted by Gasteiger charge is -2.29. The van der Waals surface area contributed by atoms with Gasteiger partial charge in [0.1, 0.15) is 5.57 Å². The monoisotopic (exact) mass is 498 g/mol. The van der Waals surface area contributed by atoms with Crippen LogP contribution in [0.2, 0.25) is 0 Å². The van der Waals surface area contributed by atoms with Gasteiger partial charge in [-0.15, -0.1) is 0 Å². The highest BCUT2D eigenvalue weighted by atomic mass is 16.5. The largest absolute Gasteiger partial charge is 0.378 e. The van der Waals surface area contributed by atoms with Gasteiger partial charge in [-0.1, -0.05) is 12.1 Å². The third-order valence-corrected chi connectivity index (χ3v) is 7.17. The van der Waals surface area contributed by atoms with Gasteiger partial charge in [0.25, 0.3) is 11.8 Å². The highest BCUT2D eigenvalue weighted by Crippen LogP contribution is 2.29. The predicted molar refractivity (Wildman–Crippen MR) is 143 cm³/mol. The molecular formula is C29H30N4O4. The summed E-state index contributed by atoms with van der Waals surface area (Å²) in [6.07, 6.45) is 1.57. The Hall–Kier alpha value is -4.17. The zero-order chi connectivity index (χ0) is 26.3. The molecule has 1 N–H and O–H groups in total. The molecule has 4 amide bonds. The number of urea groups is 1. The molecule has 8 nitrogen and oxygen atoms in total. The Labute approximate surface area is 216 Å². The summed E-state index contributed by atoms with van der Waals surface area (Å²) in [5, 5.41) is 2.32. The number of hydrogen-bond acceptors (Lipinski definition) is 5. The van der Waals surface area contributed by atoms with Crippen molar-refractivity contribution in [3.63, 3.8) is 0 Å². The normalized spacial score (nSPS) is 17.5. The van der Waals surface area contributed by atoms with Crippen LogP contribution < -0.4 is 15.1 Å². The Morgan fingerprint density at radius 2 is 1.57 bits per heavy atom. The molecule has 8 heteroatoms. The number of aryl methyl sites for hydroxylation is 2. The number of hydrogen-bond donors (Lipinski definition) is 1. The highest BCUT2D eigenvalue weighted by molar-refractivity contribution is 6.39. The number of anilines is 2. The van der Waals surface area contributed by atoms with E-state index in [1.165, 1.54) is 0 Å². The van der Waals surface area contributed by atoms with Gasteiger partial charge in [-0.25, -0.2) is 9.69 Å². The smallest absolute Gasteiger partial charge is 0.335 e. The minimum atomic E-state index is -0.744. The topological polar surface area (TPSA) is 83.9 Å². The van der Waals surface area contributed by atoms with E-state index in [0.29, 0.717) is 5.69 Å². The molecule has 2 saturated heterocycles. The average molecular weight is 499 g/mol. The van der Waals surface area contributed by atoms with Crippen LogP contribution >= 0.6 is 0 Å². The van der Waals surface area contributed by atoms with Crippen LogP contribution in [0.5, 0.6) is 0 Å². The van der Waals surface area contributed by atoms with E-state index >= 15 is 0 Å². The first-order valence-electron chi connectivity index (χ1n) is 12.4. The van der Waals surface area contributed by atoms with Crippen molar-refractivity contribution in [1.29, 1.82) is 0 Å². The molecule has 2 aromatic carbocycles. The molecule has 190 valence electrons. The van der Waals surface area contributed by atoms with Crippen LogP contribution in [0.4, 0.5) is 16.2 Å². The first-order valence-corrected chi connectivity index (χ1v) is 12.4. The summed E-state index contributed by atoms with van der Waals surface area (Å²) in [6.45, 7) is 10.9. The third-order valence-electron chi connectivity index (χ3n) is 7.17. The highest BCUT2D eigenvalue weighted by Gasteiger charge is 2.37. The Kier molecular flexibility index (Phi) is 6.43. The van der Waals surface area contributed by atoms with E-state index in [0.717, 1.165) is 70.7 Å². The fourth-order valence-corrected chi connectivity index (χ4v) is 4.97. The number of benzene rings is 2. The lowest BCUT2D eigenvalue weighted by atomic mass is 10.0. The van der Waals surface area contributed by atoms with Crippen molar-refractivity contribution < 1.29 is 19.1 Å². The number of carbonyl (C=O) groups excluding carboxylic acids is 3. The Morgan fingerprint density at radius 3 is 2.27 bits per heavy atom. The minimum Gasteiger partial charge on any atom is -0.378 e. The second kappa shape index (κ2) is 9.71. The molecule has 2 aliphatic rings. The molecule has 0 saturated carbocycles. The number of nitrogens with one attached hydrogen (secondary N) is 1. The number of aromatic nitrogens is 1. The van der Waals surface area contributed by atoms with E-state index in [-0.39, 0.29) is 5.57 Å². The number of imide groups is 2. The Morgan fingerprint density at radius 1 is 0.892 bits per heavy atom. The number of ether oxygens (including phenoxy) is 1. The molecule has 3 aromatic rings. The van der Waals surface area contributed by atoms with Crippen molar-refractivity contribution in [2.24, 2.45) is 0 Å². The van der Waals surface area contributed by atoms with Crippen molar-refractivity contribution in [2.75, 3.05) is 36.1 Å². The lowest BCUT2D eigenvalue weighted by Crippen LogP contribution is -2.54. The maximum atomic E-state index is 13.4. The number of rotatable bonds is 4. The molecule has 5 rings (SSSR count). The fraction of sp³-hybridized carbons (Fsp3) is 0.276. The standard InChI is InChI=1S/C29H30N4O4/c1-18-6-5-7-26(20(18)3)33-28(35)25(27(34)30-29(33)36)17-22-16-19(2)32(21(22)4)24-10-8-23(9-11-24)31-12-14-37-15-13-31/h5-11,16-17H,12-15H2,1-4H3,(H,30,34,36)/b25-17+. The molecule has 0 aliphatic carbocycles. The first kappa shape index (κ1) is 24.5. The summed E-state index contributed by atoms with van der Waals surface area (Å²) in [7, 11) is 0. The average Bonchev–Trinajstić information content (AvgIpc) is 3.17. The third kappa shape index (κ3) is 4.44. The van der Waals surface area contributed by atoms with Crippen molar-refractivity contribution in [3.05, 3.63) is 82.2 Å². The zero-order valence-electron chi connectivity index (χ0n) is 21.5. The van der Waals surface area contributed by atoms with E-state index in [9.17, 15) is 14.4 Å². The van der Waals surface area contributed by atoms with Gasteiger partial charge in [0, 0.05) is 35.9 Å². The summed E-state index contributed by atoms with van der Waals surface area (Å²) in [5.41, 5.74) is 6.87. The van der Waals surface area contributed by atoms with Gasteiger partial charge in [-0.3, -0.25) is 14.9 Å². The van der Waals surface area contributed by atoms with Crippen LogP contribution in [0.1, 0.15) is 28.1 Å². The van der Waals surface area contributed by atoms with Crippen molar-refractivity contribution in [3.8, 4) is 5.69 Å². The van der Waals surface area contributed by atoms with Crippen LogP contribution in [0.25, 0.3) is 11.8 Å². The molecule has 2 fully saturated rings. The van der Waals surface area contributed by atoms with Crippen LogP contribution in [-0.2, 0) is 14.3 Å². The summed E-state index contributed by atoms with van der Waals surface area (Å²) < 4.78 is 7.54. The Bertz CT molecular complexity index is 1430. The number of nitrogens with zero attached hydrogens (tertiary/aromatic N) is 3. The van der Waals surface area contributed by atoms with E-state index < -0.39 is 17.8 Å². The van der Waals surface area contributed by atoms with Gasteiger partial charge >= 0.3 is 6.03 Å². The molecule has 2 aliphatic heterocycles. The number of carbonyl (C=O) groups is 3. The number of barbiturate groups is 1. The molecule has 0 atom stereocenters. The quantitative estimate of drug-likeness (QED) is 0.430. The van der Waals surface area contributed by atoms with Gasteiger partial charge in [-0.2, -0.15) is 0 Å². The fourth-order valence-electron chi connectivity index (χ4n) is 4.97. The van der Waals surface area contributed by atoms with Crippen molar-refractivity contribution >= 4 is 35.3 Å². The van der Waals surface area contributed by atoms with E-state index in [2.05, 4.69) is 39.0 Å². The first-order chi connectivity index (χ1) is 17.8. The van der Waals surface area contributed by atoms with Crippen LogP contribution in [0, 0.1) is 27.7 Å². The second-order valence-electron chi connectivity index (χ2n) is 9.45. The SMILES string of the molecule is Cc1cccc(N2C(=O)NC(=O)/C(=C\c3cc(C)n(-c4ccc(N5CCOCC5)cc4)c3C)C2=O)c1C. The molecular weight excluding hydrogens is 468 g/mol. The van der Waals surface area contributed by atoms with E-state index in [1.54, 1.807) is 18.2 Å². The van der Waals surface area contributed by atoms with Gasteiger partial charge in [0.2, 0.25) is 0 Å². The van der Waals surface area contributed by atoms with Crippen molar-refractivity contribution in [2.45, 2.75) is 27.7 Å². The molecule has 37 heavy (non-hydrogen) atoms. The maximum absolute atomic E-state index is 13.4. The van der Waals surface area contributed by atoms with Crippen molar-refractivity contribution in [1.82, 2.24) is 9.88 Å². The maximum Gasteiger partial charge on any atom is 0.335 e. The van der Waals surface area contributed by atoms with Gasteiger partial charge in [-0.05, 0) is 86.9 Å². The van der Waals surface area contributed by atoms with E-state index in [4.69, 9.17) is 4.74 Å². The van der Waals surface area contributed by atoms with Gasteiger partial charge in [0.05, 0.1) is 18.9 Å². The molecule has 0 radical (unpaired) electrons. The molecule has 1 aromatic heterocycles. The van der Waals surface area contributed by atoms with Crippen LogP contribution in [-0.4, -0.2) is 48.7 Å². The predicted octanol–water partition coefficient (Wildman–Crippen LogP) is 4.21. The Balaban J connectivity index is 1.48. The van der Waals surface area contributed by atoms with Gasteiger partial charge < -0.3 is 14.2 Å². The molecule has 0 unspecified atom stereocenters. The van der Waals surface area contributed by atoms with Gasteiger partial charge in [0.15, 0.2) is 0 Å². The minimum absolute atomic E-state index is 0.0802. The number of morpholine rings is 1. The number of amides is 4. The lowest BCUT2D eigenvalue weighted by molar-refractivity contribution is -0.122. The summed E-state index contributed by atoms with van der Waals surface area (Å²) in [5.74, 6) is -1.33. The summed E-state index contributed by atoms with van der Waals surface area (Å²) >= 11 is 0. The molecule has 0 spiro atoms. The van der Waals surface area contributed by atoms with Crippen LogP contribution in [0.15, 0.2) is 54.1 Å². The molecule has 0 bridgehead atoms. The van der Waals surface area contributed by atoms with Crippen LogP contribution in [0.3, 0.4) is 0 Å². The zero-order valence-corrected chi connectivity index (χ0v) is 21.5.